The third kappa shape index (κ3) is 3.30. The molecule has 90 valence electrons. The summed E-state index contributed by atoms with van der Waals surface area (Å²) < 4.78 is 6.62. The van der Waals surface area contributed by atoms with Crippen molar-refractivity contribution in [1.29, 1.82) is 0 Å². The summed E-state index contributed by atoms with van der Waals surface area (Å²) in [5.41, 5.74) is 0. The summed E-state index contributed by atoms with van der Waals surface area (Å²) in [6.45, 7) is 0.416. The van der Waals surface area contributed by atoms with E-state index < -0.39 is 0 Å². The second-order valence-corrected chi connectivity index (χ2v) is 6.28. The summed E-state index contributed by atoms with van der Waals surface area (Å²) in [5, 5.41) is 3.29. The normalized spacial score (nSPS) is 10.6. The van der Waals surface area contributed by atoms with Crippen LogP contribution in [0.3, 0.4) is 0 Å². The maximum atomic E-state index is 6.01. The van der Waals surface area contributed by atoms with Gasteiger partial charge < -0.3 is 4.74 Å². The Bertz CT molecular complexity index is 518. The number of rotatable bonds is 3. The van der Waals surface area contributed by atoms with E-state index in [1.54, 1.807) is 23.5 Å². The second-order valence-electron chi connectivity index (χ2n) is 3.18. The van der Waals surface area contributed by atoms with Gasteiger partial charge >= 0.3 is 0 Å². The predicted octanol–water partition coefficient (Wildman–Crippen LogP) is 6.05. The van der Waals surface area contributed by atoms with Gasteiger partial charge in [-0.15, -0.1) is 11.3 Å². The van der Waals surface area contributed by atoms with Gasteiger partial charge in [-0.2, -0.15) is 0 Å². The number of benzene rings is 1. The van der Waals surface area contributed by atoms with Crippen molar-refractivity contribution in [2.75, 3.05) is 0 Å². The van der Waals surface area contributed by atoms with Gasteiger partial charge in [0.2, 0.25) is 0 Å². The van der Waals surface area contributed by atoms with E-state index in [1.807, 2.05) is 11.4 Å². The summed E-state index contributed by atoms with van der Waals surface area (Å²) in [7, 11) is 0. The van der Waals surface area contributed by atoms with Crippen molar-refractivity contribution in [3.8, 4) is 5.75 Å². The maximum Gasteiger partial charge on any atom is 0.157 e. The van der Waals surface area contributed by atoms with Gasteiger partial charge in [0.15, 0.2) is 5.75 Å². The van der Waals surface area contributed by atoms with Crippen LogP contribution >= 0.6 is 62.1 Å². The van der Waals surface area contributed by atoms with Crippen molar-refractivity contribution in [2.45, 2.75) is 6.61 Å². The lowest BCUT2D eigenvalue weighted by Crippen LogP contribution is -1.95. The van der Waals surface area contributed by atoms with E-state index in [4.69, 9.17) is 39.5 Å². The highest BCUT2D eigenvalue weighted by atomic mass is 79.9. The van der Waals surface area contributed by atoms with Crippen LogP contribution in [0.5, 0.6) is 5.75 Å². The summed E-state index contributed by atoms with van der Waals surface area (Å²) in [5.74, 6) is 0.457. The standard InChI is InChI=1S/C11H6BrCl3OS/c12-7-1-2-17-10(7)5-16-11-8(14)3-6(13)4-9(11)15/h1-4H,5H2. The molecule has 2 aromatic rings. The van der Waals surface area contributed by atoms with E-state index in [9.17, 15) is 0 Å². The Morgan fingerprint density at radius 1 is 1.18 bits per heavy atom. The topological polar surface area (TPSA) is 9.23 Å². The molecule has 1 aromatic heterocycles. The van der Waals surface area contributed by atoms with Crippen LogP contribution in [0.2, 0.25) is 15.1 Å². The van der Waals surface area contributed by atoms with Gasteiger partial charge in [-0.05, 0) is 39.5 Å². The highest BCUT2D eigenvalue weighted by Gasteiger charge is 2.10. The lowest BCUT2D eigenvalue weighted by molar-refractivity contribution is 0.309. The molecule has 0 aliphatic carbocycles. The Morgan fingerprint density at radius 2 is 1.82 bits per heavy atom. The predicted molar refractivity (Wildman–Crippen MR) is 77.8 cm³/mol. The molecule has 0 aliphatic rings. The smallest absolute Gasteiger partial charge is 0.157 e. The molecule has 2 rings (SSSR count). The largest absolute Gasteiger partial charge is 0.485 e. The molecule has 1 aromatic carbocycles. The molecule has 0 bridgehead atoms. The van der Waals surface area contributed by atoms with Gasteiger partial charge in [-0.25, -0.2) is 0 Å². The van der Waals surface area contributed by atoms with Crippen molar-refractivity contribution in [3.63, 3.8) is 0 Å². The number of hydrogen-bond donors (Lipinski definition) is 0. The quantitative estimate of drug-likeness (QED) is 0.637. The molecule has 0 saturated heterocycles. The minimum Gasteiger partial charge on any atom is -0.485 e. The molecule has 0 fully saturated rings. The number of thiophene rings is 1. The zero-order valence-electron chi connectivity index (χ0n) is 8.34. The van der Waals surface area contributed by atoms with Crippen molar-refractivity contribution in [3.05, 3.63) is 48.0 Å². The molecule has 0 spiro atoms. The third-order valence-electron chi connectivity index (χ3n) is 2.00. The maximum absolute atomic E-state index is 6.01. The number of ether oxygens (including phenoxy) is 1. The van der Waals surface area contributed by atoms with E-state index in [2.05, 4.69) is 15.9 Å². The van der Waals surface area contributed by atoms with E-state index in [0.29, 0.717) is 27.4 Å². The third-order valence-corrected chi connectivity index (χ3v) is 4.68. The molecule has 0 radical (unpaired) electrons. The Morgan fingerprint density at radius 3 is 2.35 bits per heavy atom. The van der Waals surface area contributed by atoms with E-state index in [-0.39, 0.29) is 0 Å². The Balaban J connectivity index is 2.17. The fraction of sp³-hybridized carbons (Fsp3) is 0.0909. The van der Waals surface area contributed by atoms with Crippen LogP contribution in [-0.4, -0.2) is 0 Å². The van der Waals surface area contributed by atoms with Gasteiger partial charge in [-0.1, -0.05) is 34.8 Å². The SMILES string of the molecule is Clc1cc(Cl)c(OCc2sccc2Br)c(Cl)c1. The average Bonchev–Trinajstić information content (AvgIpc) is 2.62. The Kier molecular flexibility index (Phi) is 4.61. The lowest BCUT2D eigenvalue weighted by Gasteiger charge is -2.09. The van der Waals surface area contributed by atoms with E-state index in [0.717, 1.165) is 9.35 Å². The molecule has 0 atom stereocenters. The van der Waals surface area contributed by atoms with Crippen LogP contribution in [0.4, 0.5) is 0 Å². The minimum atomic E-state index is 0.412. The molecule has 1 heterocycles. The number of hydrogen-bond acceptors (Lipinski definition) is 2. The lowest BCUT2D eigenvalue weighted by atomic mass is 10.3. The Hall–Kier alpha value is 0.0700. The van der Waals surface area contributed by atoms with Crippen LogP contribution in [0.25, 0.3) is 0 Å². The molecule has 0 unspecified atom stereocenters. The van der Waals surface area contributed by atoms with E-state index >= 15 is 0 Å². The first-order valence-electron chi connectivity index (χ1n) is 4.57. The van der Waals surface area contributed by atoms with Crippen molar-refractivity contribution < 1.29 is 4.74 Å². The van der Waals surface area contributed by atoms with Crippen molar-refractivity contribution in [2.24, 2.45) is 0 Å². The Labute approximate surface area is 126 Å². The van der Waals surface area contributed by atoms with Crippen LogP contribution in [0.15, 0.2) is 28.1 Å². The number of halogens is 4. The van der Waals surface area contributed by atoms with Gasteiger partial charge in [0.1, 0.15) is 6.61 Å². The molecular weight excluding hydrogens is 366 g/mol. The molecule has 6 heteroatoms. The highest BCUT2D eigenvalue weighted by molar-refractivity contribution is 9.10. The fourth-order valence-corrected chi connectivity index (χ4v) is 3.54. The van der Waals surface area contributed by atoms with Gasteiger partial charge in [-0.3, -0.25) is 0 Å². The van der Waals surface area contributed by atoms with E-state index in [1.165, 1.54) is 0 Å². The molecule has 1 nitrogen and oxygen atoms in total. The molecule has 0 N–H and O–H groups in total. The first-order chi connectivity index (χ1) is 8.08. The van der Waals surface area contributed by atoms with Crippen LogP contribution in [0.1, 0.15) is 4.88 Å². The molecular formula is C11H6BrCl3OS. The van der Waals surface area contributed by atoms with Crippen molar-refractivity contribution in [1.82, 2.24) is 0 Å². The van der Waals surface area contributed by atoms with Crippen LogP contribution in [-0.2, 0) is 6.61 Å². The summed E-state index contributed by atoms with van der Waals surface area (Å²) >= 11 is 22.9. The minimum absolute atomic E-state index is 0.412. The molecule has 0 aliphatic heterocycles. The summed E-state index contributed by atoms with van der Waals surface area (Å²) in [6.07, 6.45) is 0. The zero-order chi connectivity index (χ0) is 12.4. The second kappa shape index (κ2) is 5.81. The van der Waals surface area contributed by atoms with Gasteiger partial charge in [0.05, 0.1) is 14.9 Å². The summed E-state index contributed by atoms with van der Waals surface area (Å²) in [6, 6.07) is 5.18. The van der Waals surface area contributed by atoms with Crippen LogP contribution < -0.4 is 4.74 Å². The summed E-state index contributed by atoms with van der Waals surface area (Å²) in [4.78, 5) is 1.08. The highest BCUT2D eigenvalue weighted by Crippen LogP contribution is 2.37. The fourth-order valence-electron chi connectivity index (χ4n) is 1.23. The first kappa shape index (κ1) is 13.5. The molecule has 17 heavy (non-hydrogen) atoms. The molecule has 0 saturated carbocycles. The zero-order valence-corrected chi connectivity index (χ0v) is 13.0. The van der Waals surface area contributed by atoms with Crippen molar-refractivity contribution >= 4 is 62.1 Å². The van der Waals surface area contributed by atoms with Gasteiger partial charge in [0, 0.05) is 9.50 Å². The van der Waals surface area contributed by atoms with Gasteiger partial charge in [0.25, 0.3) is 0 Å². The average molecular weight is 372 g/mol. The first-order valence-corrected chi connectivity index (χ1v) is 7.38. The molecule has 0 amide bonds. The monoisotopic (exact) mass is 370 g/mol. The van der Waals surface area contributed by atoms with Crippen LogP contribution in [0, 0.1) is 0 Å².